The van der Waals surface area contributed by atoms with E-state index in [1.165, 1.54) is 11.5 Å². The van der Waals surface area contributed by atoms with Crippen molar-refractivity contribution in [2.45, 2.75) is 19.3 Å². The van der Waals surface area contributed by atoms with E-state index in [-0.39, 0.29) is 0 Å². The lowest BCUT2D eigenvalue weighted by atomic mass is 9.71. The lowest BCUT2D eigenvalue weighted by Crippen LogP contribution is -2.40. The maximum Gasteiger partial charge on any atom is 0.133 e. The fourth-order valence-corrected chi connectivity index (χ4v) is 4.23. The zero-order chi connectivity index (χ0) is 9.26. The Morgan fingerprint density at radius 3 is 2.46 bits per heavy atom. The molecular formula is C10H17NOS. The molecule has 0 amide bonds. The summed E-state index contributed by atoms with van der Waals surface area (Å²) < 4.78 is 0. The van der Waals surface area contributed by atoms with Gasteiger partial charge in [0.15, 0.2) is 0 Å². The van der Waals surface area contributed by atoms with Crippen molar-refractivity contribution in [1.82, 2.24) is 0 Å². The van der Waals surface area contributed by atoms with Gasteiger partial charge in [-0.1, -0.05) is 0 Å². The molecule has 0 aromatic rings. The zero-order valence-corrected chi connectivity index (χ0v) is 8.69. The van der Waals surface area contributed by atoms with Crippen molar-refractivity contribution < 1.29 is 4.79 Å². The molecule has 0 radical (unpaired) electrons. The van der Waals surface area contributed by atoms with Gasteiger partial charge >= 0.3 is 0 Å². The Hall–Kier alpha value is -0.0200. The van der Waals surface area contributed by atoms with Gasteiger partial charge in [-0.25, -0.2) is 0 Å². The Bertz CT molecular complexity index is 191. The summed E-state index contributed by atoms with van der Waals surface area (Å²) in [5.41, 5.74) is 5.61. The molecule has 0 aromatic carbocycles. The topological polar surface area (TPSA) is 43.1 Å². The van der Waals surface area contributed by atoms with Crippen LogP contribution in [0.2, 0.25) is 0 Å². The van der Waals surface area contributed by atoms with Crippen LogP contribution in [0, 0.1) is 17.8 Å². The molecule has 2 rings (SSSR count). The summed E-state index contributed by atoms with van der Waals surface area (Å²) in [5.74, 6) is 4.91. The molecule has 2 aliphatic rings. The molecule has 2 unspecified atom stereocenters. The van der Waals surface area contributed by atoms with E-state index in [1.807, 2.05) is 11.8 Å². The summed E-state index contributed by atoms with van der Waals surface area (Å²) in [7, 11) is 0. The van der Waals surface area contributed by atoms with E-state index < -0.39 is 0 Å². The van der Waals surface area contributed by atoms with Crippen LogP contribution < -0.4 is 5.73 Å². The second kappa shape index (κ2) is 4.01. The summed E-state index contributed by atoms with van der Waals surface area (Å²) in [6.45, 7) is 0.788. The van der Waals surface area contributed by atoms with Gasteiger partial charge < -0.3 is 5.73 Å². The van der Waals surface area contributed by atoms with Crippen molar-refractivity contribution in [3.63, 3.8) is 0 Å². The normalized spacial score (nSPS) is 39.2. The van der Waals surface area contributed by atoms with Gasteiger partial charge in [-0.2, -0.15) is 11.8 Å². The molecule has 2 nitrogen and oxygen atoms in total. The first-order valence-corrected chi connectivity index (χ1v) is 6.26. The van der Waals surface area contributed by atoms with Crippen molar-refractivity contribution in [2.75, 3.05) is 18.1 Å². The van der Waals surface area contributed by atoms with Crippen LogP contribution >= 0.6 is 11.8 Å². The number of carbonyl (C=O) groups is 1. The van der Waals surface area contributed by atoms with E-state index in [4.69, 9.17) is 5.73 Å². The number of hydrogen-bond acceptors (Lipinski definition) is 3. The summed E-state index contributed by atoms with van der Waals surface area (Å²) in [4.78, 5) is 11.4. The van der Waals surface area contributed by atoms with Crippen LogP contribution in [0.25, 0.3) is 0 Å². The number of nitrogens with two attached hydrogens (primary N) is 1. The number of fused-ring (bicyclic) bond motifs is 2. The maximum absolute atomic E-state index is 11.4. The van der Waals surface area contributed by atoms with Crippen LogP contribution in [0.3, 0.4) is 0 Å². The molecule has 3 heteroatoms. The van der Waals surface area contributed by atoms with Crippen molar-refractivity contribution in [1.29, 1.82) is 0 Å². The minimum atomic E-state index is 0.489. The number of hydrogen-bond donors (Lipinski definition) is 1. The van der Waals surface area contributed by atoms with Gasteiger partial charge in [0.05, 0.1) is 0 Å². The lowest BCUT2D eigenvalue weighted by Gasteiger charge is -2.41. The van der Waals surface area contributed by atoms with E-state index in [1.54, 1.807) is 0 Å². The molecule has 1 aliphatic heterocycles. The fraction of sp³-hybridized carbons (Fsp3) is 0.900. The first kappa shape index (κ1) is 9.53. The predicted octanol–water partition coefficient (Wildman–Crippen LogP) is 1.29. The largest absolute Gasteiger partial charge is 0.330 e. The average Bonchev–Trinajstić information content (AvgIpc) is 2.07. The van der Waals surface area contributed by atoms with Crippen LogP contribution in [-0.4, -0.2) is 23.8 Å². The quantitative estimate of drug-likeness (QED) is 0.729. The molecule has 74 valence electrons. The number of ketones is 1. The number of Topliss-reactive ketones (excluding diaryl/α,β-unsaturated/α-hetero) is 1. The third kappa shape index (κ3) is 1.91. The molecule has 0 aromatic heterocycles. The van der Waals surface area contributed by atoms with Crippen molar-refractivity contribution in [3.8, 4) is 0 Å². The van der Waals surface area contributed by atoms with Gasteiger partial charge in [0.2, 0.25) is 0 Å². The minimum Gasteiger partial charge on any atom is -0.330 e. The Morgan fingerprint density at radius 1 is 1.31 bits per heavy atom. The first-order chi connectivity index (χ1) is 6.31. The Balaban J connectivity index is 2.05. The Kier molecular flexibility index (Phi) is 2.94. The number of thioether (sulfide) groups is 1. The summed E-state index contributed by atoms with van der Waals surface area (Å²) in [5, 5.41) is 0. The van der Waals surface area contributed by atoms with E-state index in [9.17, 15) is 4.79 Å². The Morgan fingerprint density at radius 2 is 1.92 bits per heavy atom. The molecule has 0 spiro atoms. The highest BCUT2D eigenvalue weighted by atomic mass is 32.2. The number of carbonyl (C=O) groups excluding carboxylic acids is 1. The standard InChI is InChI=1S/C10H17NOS/c11-2-1-10-7-3-9(12)4-8(10)6-13-5-7/h7-8,10H,1-6,11H2. The van der Waals surface area contributed by atoms with Crippen molar-refractivity contribution in [2.24, 2.45) is 23.5 Å². The average molecular weight is 199 g/mol. The van der Waals surface area contributed by atoms with E-state index in [2.05, 4.69) is 0 Å². The molecule has 2 fully saturated rings. The van der Waals surface area contributed by atoms with Crippen LogP contribution in [0.5, 0.6) is 0 Å². The summed E-state index contributed by atoms with van der Waals surface area (Å²) >= 11 is 2.03. The third-order valence-electron chi connectivity index (χ3n) is 3.35. The van der Waals surface area contributed by atoms with Crippen LogP contribution in [0.4, 0.5) is 0 Å². The molecule has 2 N–H and O–H groups in total. The maximum atomic E-state index is 11.4. The first-order valence-electron chi connectivity index (χ1n) is 5.10. The molecule has 1 heterocycles. The molecule has 2 bridgehead atoms. The molecule has 13 heavy (non-hydrogen) atoms. The monoisotopic (exact) mass is 199 g/mol. The van der Waals surface area contributed by atoms with Gasteiger partial charge in [-0.15, -0.1) is 0 Å². The third-order valence-corrected chi connectivity index (χ3v) is 4.68. The fourth-order valence-electron chi connectivity index (χ4n) is 2.76. The summed E-state index contributed by atoms with van der Waals surface area (Å²) in [6, 6.07) is 0. The van der Waals surface area contributed by atoms with Gasteiger partial charge in [0, 0.05) is 12.8 Å². The van der Waals surface area contributed by atoms with Crippen LogP contribution in [0.1, 0.15) is 19.3 Å². The van der Waals surface area contributed by atoms with E-state index in [0.717, 1.165) is 31.7 Å². The molecule has 1 aliphatic carbocycles. The van der Waals surface area contributed by atoms with Gasteiger partial charge in [-0.3, -0.25) is 4.79 Å². The zero-order valence-electron chi connectivity index (χ0n) is 7.87. The van der Waals surface area contributed by atoms with Crippen LogP contribution in [0.15, 0.2) is 0 Å². The van der Waals surface area contributed by atoms with Gasteiger partial charge in [0.1, 0.15) is 5.78 Å². The van der Waals surface area contributed by atoms with Crippen molar-refractivity contribution >= 4 is 17.5 Å². The highest BCUT2D eigenvalue weighted by molar-refractivity contribution is 7.99. The molecule has 2 atom stereocenters. The van der Waals surface area contributed by atoms with Crippen molar-refractivity contribution in [3.05, 3.63) is 0 Å². The molecule has 1 saturated heterocycles. The molecule has 1 saturated carbocycles. The smallest absolute Gasteiger partial charge is 0.133 e. The highest BCUT2D eigenvalue weighted by Crippen LogP contribution is 2.42. The molecular weight excluding hydrogens is 182 g/mol. The summed E-state index contributed by atoms with van der Waals surface area (Å²) in [6.07, 6.45) is 2.78. The second-order valence-corrected chi connectivity index (χ2v) is 5.32. The second-order valence-electron chi connectivity index (χ2n) is 4.25. The SMILES string of the molecule is NCCC1C2CSCC1CC(=O)C2. The van der Waals surface area contributed by atoms with E-state index >= 15 is 0 Å². The van der Waals surface area contributed by atoms with Gasteiger partial charge in [-0.05, 0) is 42.2 Å². The van der Waals surface area contributed by atoms with Gasteiger partial charge in [0.25, 0.3) is 0 Å². The number of rotatable bonds is 2. The minimum absolute atomic E-state index is 0.489. The van der Waals surface area contributed by atoms with Crippen LogP contribution in [-0.2, 0) is 4.79 Å². The Labute approximate surface area is 83.6 Å². The predicted molar refractivity (Wildman–Crippen MR) is 55.7 cm³/mol. The van der Waals surface area contributed by atoms with E-state index in [0.29, 0.717) is 17.6 Å². The lowest BCUT2D eigenvalue weighted by molar-refractivity contribution is -0.124. The highest BCUT2D eigenvalue weighted by Gasteiger charge is 2.39.